The molecule has 27 heavy (non-hydrogen) atoms. The minimum absolute atomic E-state index is 0.0256. The van der Waals surface area contributed by atoms with Crippen LogP contribution >= 0.6 is 11.8 Å². The Morgan fingerprint density at radius 2 is 2.04 bits per heavy atom. The molecule has 0 saturated carbocycles. The minimum Gasteiger partial charge on any atom is -0.464 e. The fourth-order valence-electron chi connectivity index (χ4n) is 2.43. The molecule has 1 aromatic carbocycles. The highest BCUT2D eigenvalue weighted by Crippen LogP contribution is 2.16. The first-order chi connectivity index (χ1) is 13.0. The van der Waals surface area contributed by atoms with Crippen LogP contribution in [0.3, 0.4) is 0 Å². The van der Waals surface area contributed by atoms with Gasteiger partial charge in [-0.2, -0.15) is 11.8 Å². The van der Waals surface area contributed by atoms with Crippen LogP contribution in [0.15, 0.2) is 45.8 Å². The maximum Gasteiger partial charge on any atom is 0.269 e. The molecule has 2 rings (SSSR count). The molecule has 146 valence electrons. The van der Waals surface area contributed by atoms with E-state index in [9.17, 15) is 10.1 Å². The lowest BCUT2D eigenvalue weighted by Gasteiger charge is -2.17. The molecule has 1 heterocycles. The van der Waals surface area contributed by atoms with Gasteiger partial charge in [0.25, 0.3) is 5.69 Å². The molecule has 2 aromatic rings. The molecule has 0 aliphatic carbocycles. The van der Waals surface area contributed by atoms with E-state index in [1.165, 1.54) is 12.1 Å². The summed E-state index contributed by atoms with van der Waals surface area (Å²) in [5.41, 5.74) is 0.991. The van der Waals surface area contributed by atoms with Gasteiger partial charge in [-0.05, 0) is 50.0 Å². The van der Waals surface area contributed by atoms with Crippen molar-refractivity contribution in [1.29, 1.82) is 0 Å². The molecule has 0 fully saturated rings. The van der Waals surface area contributed by atoms with E-state index < -0.39 is 4.92 Å². The first kappa shape index (κ1) is 20.8. The van der Waals surface area contributed by atoms with E-state index in [2.05, 4.69) is 21.9 Å². The number of nitro benzene ring substituents is 1. The molecule has 0 amide bonds. The molecule has 0 aliphatic rings. The van der Waals surface area contributed by atoms with Gasteiger partial charge in [-0.25, -0.2) is 4.99 Å². The van der Waals surface area contributed by atoms with Crippen molar-refractivity contribution in [3.63, 3.8) is 0 Å². The van der Waals surface area contributed by atoms with Crippen LogP contribution in [0.5, 0.6) is 0 Å². The largest absolute Gasteiger partial charge is 0.464 e. The van der Waals surface area contributed by atoms with Crippen molar-refractivity contribution in [1.82, 2.24) is 10.6 Å². The molecule has 2 N–H and O–H groups in total. The molecule has 0 radical (unpaired) electrons. The van der Waals surface area contributed by atoms with Gasteiger partial charge in [0.1, 0.15) is 11.5 Å². The molecule has 8 heteroatoms. The van der Waals surface area contributed by atoms with Crippen molar-refractivity contribution in [3.8, 4) is 0 Å². The van der Waals surface area contributed by atoms with Gasteiger partial charge in [0, 0.05) is 18.7 Å². The predicted octanol–water partition coefficient (Wildman–Crippen LogP) is 4.05. The zero-order valence-corrected chi connectivity index (χ0v) is 16.7. The van der Waals surface area contributed by atoms with Crippen LogP contribution in [0.2, 0.25) is 0 Å². The number of rotatable bonds is 9. The summed E-state index contributed by atoms with van der Waals surface area (Å²) in [5, 5.41) is 17.4. The number of non-ortho nitro benzene ring substituents is 1. The second-order valence-electron chi connectivity index (χ2n) is 6.18. The fraction of sp³-hybridized carbons (Fsp3) is 0.421. The highest BCUT2D eigenvalue weighted by molar-refractivity contribution is 7.98. The summed E-state index contributed by atoms with van der Waals surface area (Å²) in [5.74, 6) is 3.49. The molecular weight excluding hydrogens is 364 g/mol. The van der Waals surface area contributed by atoms with Crippen molar-refractivity contribution in [3.05, 3.63) is 63.6 Å². The highest BCUT2D eigenvalue weighted by atomic mass is 32.2. The number of thioether (sulfide) groups is 1. The van der Waals surface area contributed by atoms with Crippen molar-refractivity contribution < 1.29 is 9.34 Å². The van der Waals surface area contributed by atoms with Crippen molar-refractivity contribution in [2.24, 2.45) is 4.99 Å². The molecular formula is C19H26N4O3S. The summed E-state index contributed by atoms with van der Waals surface area (Å²) in [6.45, 7) is 5.18. The Morgan fingerprint density at radius 3 is 2.63 bits per heavy atom. The molecule has 0 bridgehead atoms. The summed E-state index contributed by atoms with van der Waals surface area (Å²) in [7, 11) is 0. The lowest BCUT2D eigenvalue weighted by molar-refractivity contribution is -0.384. The molecule has 1 atom stereocenters. The second-order valence-corrected chi connectivity index (χ2v) is 7.16. The first-order valence-corrected chi connectivity index (χ1v) is 10.2. The summed E-state index contributed by atoms with van der Waals surface area (Å²) in [6.07, 6.45) is 3.12. The SMILES string of the molecule is CSCCCNC(=NCc1ccc([N+](=O)[O-])cc1)NC(C)c1ccc(C)o1. The van der Waals surface area contributed by atoms with Crippen molar-refractivity contribution in [2.75, 3.05) is 18.6 Å². The Morgan fingerprint density at radius 1 is 1.30 bits per heavy atom. The van der Waals surface area contributed by atoms with Crippen molar-refractivity contribution in [2.45, 2.75) is 32.9 Å². The predicted molar refractivity (Wildman–Crippen MR) is 110 cm³/mol. The normalized spacial score (nSPS) is 12.6. The van der Waals surface area contributed by atoms with Crippen molar-refractivity contribution >= 4 is 23.4 Å². The lowest BCUT2D eigenvalue weighted by atomic mass is 10.2. The monoisotopic (exact) mass is 390 g/mol. The number of nitro groups is 1. The lowest BCUT2D eigenvalue weighted by Crippen LogP contribution is -2.39. The van der Waals surface area contributed by atoms with E-state index in [0.29, 0.717) is 12.5 Å². The van der Waals surface area contributed by atoms with E-state index in [4.69, 9.17) is 4.42 Å². The van der Waals surface area contributed by atoms with E-state index in [0.717, 1.165) is 35.8 Å². The number of aliphatic imine (C=N–C) groups is 1. The maximum absolute atomic E-state index is 10.8. The third-order valence-electron chi connectivity index (χ3n) is 3.93. The van der Waals surface area contributed by atoms with E-state index in [-0.39, 0.29) is 11.7 Å². The Kier molecular flexibility index (Phi) is 8.19. The topological polar surface area (TPSA) is 92.7 Å². The standard InChI is InChI=1S/C19H26N4O3S/c1-14-5-10-18(26-14)15(2)22-19(20-11-4-12-27-3)21-13-16-6-8-17(9-7-16)23(24)25/h5-10,15H,4,11-13H2,1-3H3,(H2,20,21,22). The first-order valence-electron chi connectivity index (χ1n) is 8.83. The number of nitrogens with one attached hydrogen (secondary N) is 2. The average Bonchev–Trinajstić information content (AvgIpc) is 3.09. The Balaban J connectivity index is 2.03. The van der Waals surface area contributed by atoms with Crippen LogP contribution in [0.25, 0.3) is 0 Å². The van der Waals surface area contributed by atoms with Gasteiger partial charge in [-0.15, -0.1) is 0 Å². The van der Waals surface area contributed by atoms with Crippen LogP contribution in [0.1, 0.15) is 36.5 Å². The quantitative estimate of drug-likeness (QED) is 0.221. The average molecular weight is 391 g/mol. The number of guanidine groups is 1. The van der Waals surface area contributed by atoms with Gasteiger partial charge in [0.15, 0.2) is 5.96 Å². The summed E-state index contributed by atoms with van der Waals surface area (Å²) in [6, 6.07) is 10.3. The van der Waals surface area contributed by atoms with Gasteiger partial charge in [0.05, 0.1) is 17.5 Å². The van der Waals surface area contributed by atoms with Crippen LogP contribution in [0.4, 0.5) is 5.69 Å². The van der Waals surface area contributed by atoms with E-state index in [1.54, 1.807) is 12.1 Å². The van der Waals surface area contributed by atoms with Crippen LogP contribution in [-0.2, 0) is 6.54 Å². The smallest absolute Gasteiger partial charge is 0.269 e. The van der Waals surface area contributed by atoms with Gasteiger partial charge < -0.3 is 15.1 Å². The van der Waals surface area contributed by atoms with Gasteiger partial charge in [0.2, 0.25) is 0 Å². The zero-order valence-electron chi connectivity index (χ0n) is 15.9. The number of nitrogens with zero attached hydrogens (tertiary/aromatic N) is 2. The number of furan rings is 1. The van der Waals surface area contributed by atoms with Crippen LogP contribution < -0.4 is 10.6 Å². The van der Waals surface area contributed by atoms with Crippen LogP contribution in [-0.4, -0.2) is 29.4 Å². The molecule has 0 spiro atoms. The Bertz CT molecular complexity index is 759. The number of hydrogen-bond acceptors (Lipinski definition) is 5. The summed E-state index contributed by atoms with van der Waals surface area (Å²) >= 11 is 1.81. The third kappa shape index (κ3) is 6.97. The number of hydrogen-bond donors (Lipinski definition) is 2. The summed E-state index contributed by atoms with van der Waals surface area (Å²) in [4.78, 5) is 15.0. The summed E-state index contributed by atoms with van der Waals surface area (Å²) < 4.78 is 5.68. The van der Waals surface area contributed by atoms with Gasteiger partial charge >= 0.3 is 0 Å². The molecule has 0 aliphatic heterocycles. The maximum atomic E-state index is 10.8. The van der Waals surface area contributed by atoms with E-state index >= 15 is 0 Å². The molecule has 1 unspecified atom stereocenters. The van der Waals surface area contributed by atoms with Gasteiger partial charge in [-0.1, -0.05) is 12.1 Å². The van der Waals surface area contributed by atoms with Crippen LogP contribution in [0, 0.1) is 17.0 Å². The second kappa shape index (κ2) is 10.6. The Labute approximate surface area is 163 Å². The number of aryl methyl sites for hydroxylation is 1. The zero-order chi connectivity index (χ0) is 19.6. The fourth-order valence-corrected chi connectivity index (χ4v) is 2.86. The highest BCUT2D eigenvalue weighted by Gasteiger charge is 2.11. The molecule has 7 nitrogen and oxygen atoms in total. The Hall–Kier alpha value is -2.48. The third-order valence-corrected chi connectivity index (χ3v) is 4.62. The number of benzene rings is 1. The molecule has 0 saturated heterocycles. The molecule has 1 aromatic heterocycles. The van der Waals surface area contributed by atoms with E-state index in [1.807, 2.05) is 37.7 Å². The minimum atomic E-state index is -0.402. The van der Waals surface area contributed by atoms with Gasteiger partial charge in [-0.3, -0.25) is 10.1 Å².